The van der Waals surface area contributed by atoms with E-state index in [2.05, 4.69) is 37.2 Å². The summed E-state index contributed by atoms with van der Waals surface area (Å²) in [6.07, 6.45) is 1.23. The van der Waals surface area contributed by atoms with E-state index in [9.17, 15) is 18.8 Å². The molecule has 1 N–H and O–H groups in total. The fourth-order valence-electron chi connectivity index (χ4n) is 5.21. The number of halogens is 3. The van der Waals surface area contributed by atoms with Crippen molar-refractivity contribution in [2.45, 2.75) is 42.4 Å². The lowest BCUT2D eigenvalue weighted by Gasteiger charge is -2.28. The maximum absolute atomic E-state index is 13.3. The van der Waals surface area contributed by atoms with Crippen LogP contribution in [0, 0.1) is 35.4 Å². The maximum atomic E-state index is 13.3. The van der Waals surface area contributed by atoms with Crippen molar-refractivity contribution in [2.24, 2.45) is 29.6 Å². The highest BCUT2D eigenvalue weighted by atomic mass is 79.9. The molecule has 7 atom stereocenters. The molecule has 1 aliphatic heterocycles. The van der Waals surface area contributed by atoms with Crippen molar-refractivity contribution < 1.29 is 18.8 Å². The lowest BCUT2D eigenvalue weighted by molar-refractivity contribution is -0.147. The first-order valence-electron chi connectivity index (χ1n) is 9.92. The van der Waals surface area contributed by atoms with Gasteiger partial charge in [-0.1, -0.05) is 45.7 Å². The Morgan fingerprint density at radius 2 is 1.62 bits per heavy atom. The van der Waals surface area contributed by atoms with Gasteiger partial charge in [-0.3, -0.25) is 19.3 Å². The number of fused-ring (bicyclic) bond motifs is 5. The van der Waals surface area contributed by atoms with Crippen LogP contribution in [-0.4, -0.2) is 38.3 Å². The van der Waals surface area contributed by atoms with Gasteiger partial charge in [-0.15, -0.1) is 0 Å². The number of nitrogens with one attached hydrogen (secondary N) is 1. The summed E-state index contributed by atoms with van der Waals surface area (Å²) in [4.78, 5) is 41.2. The van der Waals surface area contributed by atoms with Crippen LogP contribution in [-0.2, 0) is 14.4 Å². The summed E-state index contributed by atoms with van der Waals surface area (Å²) in [6.45, 7) is 3.91. The summed E-state index contributed by atoms with van der Waals surface area (Å²) in [5.41, 5.74) is 0.436. The third kappa shape index (κ3) is 3.46. The molecule has 3 fully saturated rings. The second kappa shape index (κ2) is 7.76. The SMILES string of the molecule is CC(C)CC(C(=O)Nc1ccc(F)cc1)N1C(=O)C2C3CC(C(Br)C3Br)C2C1=O. The number of hydrogen-bond donors (Lipinski definition) is 1. The smallest absolute Gasteiger partial charge is 0.247 e. The number of alkyl halides is 2. The van der Waals surface area contributed by atoms with Crippen LogP contribution in [0.5, 0.6) is 0 Å². The number of rotatable bonds is 5. The van der Waals surface area contributed by atoms with E-state index >= 15 is 0 Å². The zero-order valence-electron chi connectivity index (χ0n) is 16.1. The molecule has 2 bridgehead atoms. The first kappa shape index (κ1) is 21.0. The van der Waals surface area contributed by atoms with Crippen LogP contribution >= 0.6 is 31.9 Å². The third-order valence-corrected chi connectivity index (χ3v) is 9.65. The van der Waals surface area contributed by atoms with E-state index in [-0.39, 0.29) is 51.1 Å². The predicted octanol–water partition coefficient (Wildman–Crippen LogP) is 3.96. The minimum atomic E-state index is -0.868. The molecule has 8 heteroatoms. The fourth-order valence-corrected chi connectivity index (χ4v) is 7.09. The molecule has 29 heavy (non-hydrogen) atoms. The molecule has 2 aliphatic carbocycles. The monoisotopic (exact) mass is 528 g/mol. The van der Waals surface area contributed by atoms with Gasteiger partial charge >= 0.3 is 0 Å². The van der Waals surface area contributed by atoms with Crippen molar-refractivity contribution >= 4 is 55.3 Å². The Kier molecular flexibility index (Phi) is 5.61. The number of carbonyl (C=O) groups is 3. The van der Waals surface area contributed by atoms with Gasteiger partial charge in [0.25, 0.3) is 0 Å². The summed E-state index contributed by atoms with van der Waals surface area (Å²) >= 11 is 7.36. The van der Waals surface area contributed by atoms with E-state index in [1.165, 1.54) is 29.2 Å². The summed E-state index contributed by atoms with van der Waals surface area (Å²) in [6, 6.07) is 4.58. The molecule has 5 nitrogen and oxygen atoms in total. The highest BCUT2D eigenvalue weighted by Crippen LogP contribution is 2.60. The third-order valence-electron chi connectivity index (χ3n) is 6.44. The number of imide groups is 1. The highest BCUT2D eigenvalue weighted by Gasteiger charge is 2.67. The number of likely N-dealkylation sites (tertiary alicyclic amines) is 1. The lowest BCUT2D eigenvalue weighted by atomic mass is 9.81. The van der Waals surface area contributed by atoms with Crippen LogP contribution in [0.2, 0.25) is 0 Å². The molecule has 3 aliphatic rings. The Hall–Kier alpha value is -1.28. The van der Waals surface area contributed by atoms with E-state index in [0.29, 0.717) is 12.1 Å². The fraction of sp³-hybridized carbons (Fsp3) is 0.571. The van der Waals surface area contributed by atoms with E-state index in [1.807, 2.05) is 13.8 Å². The molecule has 0 radical (unpaired) electrons. The normalized spacial score (nSPS) is 34.1. The molecular formula is C21H23Br2FN2O3. The molecule has 3 amide bonds. The van der Waals surface area contributed by atoms with Crippen molar-refractivity contribution in [1.82, 2.24) is 4.90 Å². The van der Waals surface area contributed by atoms with Gasteiger partial charge in [-0.2, -0.15) is 0 Å². The summed E-state index contributed by atoms with van der Waals surface area (Å²) in [5.74, 6) is -1.63. The predicted molar refractivity (Wildman–Crippen MR) is 114 cm³/mol. The van der Waals surface area contributed by atoms with Crippen molar-refractivity contribution in [2.75, 3.05) is 5.32 Å². The van der Waals surface area contributed by atoms with E-state index in [0.717, 1.165) is 6.42 Å². The van der Waals surface area contributed by atoms with Crippen molar-refractivity contribution in [3.63, 3.8) is 0 Å². The van der Waals surface area contributed by atoms with Crippen LogP contribution in [0.15, 0.2) is 24.3 Å². The van der Waals surface area contributed by atoms with Gasteiger partial charge in [0.1, 0.15) is 11.9 Å². The first-order valence-corrected chi connectivity index (χ1v) is 11.7. The molecule has 7 unspecified atom stereocenters. The Bertz CT molecular complexity index is 815. The number of benzene rings is 1. The lowest BCUT2D eigenvalue weighted by Crippen LogP contribution is -2.49. The number of amides is 3. The molecule has 2 saturated carbocycles. The number of hydrogen-bond acceptors (Lipinski definition) is 3. The Labute approximate surface area is 186 Å². The van der Waals surface area contributed by atoms with Crippen molar-refractivity contribution in [3.8, 4) is 0 Å². The van der Waals surface area contributed by atoms with Gasteiger partial charge in [-0.25, -0.2) is 4.39 Å². The molecule has 4 rings (SSSR count). The van der Waals surface area contributed by atoms with Gasteiger partial charge in [0, 0.05) is 15.3 Å². The average molecular weight is 530 g/mol. The quantitative estimate of drug-likeness (QED) is 0.464. The topological polar surface area (TPSA) is 66.5 Å². The number of carbonyl (C=O) groups excluding carboxylic acids is 3. The Balaban J connectivity index is 1.60. The number of anilines is 1. The van der Waals surface area contributed by atoms with Crippen LogP contribution in [0.3, 0.4) is 0 Å². The average Bonchev–Trinajstić information content (AvgIpc) is 3.27. The minimum absolute atomic E-state index is 0.107. The highest BCUT2D eigenvalue weighted by molar-refractivity contribution is 9.12. The molecule has 1 heterocycles. The van der Waals surface area contributed by atoms with Gasteiger partial charge in [0.2, 0.25) is 17.7 Å². The standard InChI is InChI=1S/C21H23Br2FN2O3/c1-9(2)7-14(19(27)25-11-5-3-10(24)4-6-11)26-20(28)15-12-8-13(16(15)21(26)29)18(23)17(12)22/h3-6,9,12-18H,7-8H2,1-2H3,(H,25,27). The van der Waals surface area contributed by atoms with Gasteiger partial charge in [0.05, 0.1) is 11.8 Å². The van der Waals surface area contributed by atoms with E-state index < -0.39 is 17.8 Å². The second-order valence-corrected chi connectivity index (χ2v) is 10.8. The largest absolute Gasteiger partial charge is 0.324 e. The van der Waals surface area contributed by atoms with Gasteiger partial charge in [0.15, 0.2) is 0 Å². The van der Waals surface area contributed by atoms with Crippen LogP contribution in [0.25, 0.3) is 0 Å². The second-order valence-electron chi connectivity index (χ2n) is 8.69. The summed E-state index contributed by atoms with van der Waals surface area (Å²) in [5, 5.41) is 2.74. The number of nitrogens with zero attached hydrogens (tertiary/aromatic N) is 1. The molecule has 0 spiro atoms. The van der Waals surface area contributed by atoms with Crippen LogP contribution in [0.1, 0.15) is 26.7 Å². The minimum Gasteiger partial charge on any atom is -0.324 e. The molecule has 1 aromatic carbocycles. The van der Waals surface area contributed by atoms with Crippen LogP contribution < -0.4 is 5.32 Å². The maximum Gasteiger partial charge on any atom is 0.247 e. The van der Waals surface area contributed by atoms with Gasteiger partial charge in [-0.05, 0) is 54.9 Å². The molecule has 1 aromatic rings. The zero-order valence-corrected chi connectivity index (χ0v) is 19.3. The van der Waals surface area contributed by atoms with Crippen molar-refractivity contribution in [3.05, 3.63) is 30.1 Å². The summed E-state index contributed by atoms with van der Waals surface area (Å²) < 4.78 is 13.2. The zero-order chi connectivity index (χ0) is 21.0. The Morgan fingerprint density at radius 3 is 2.10 bits per heavy atom. The molecule has 0 aromatic heterocycles. The summed E-state index contributed by atoms with van der Waals surface area (Å²) in [7, 11) is 0. The first-order chi connectivity index (χ1) is 13.7. The molecule has 1 saturated heterocycles. The molecular weight excluding hydrogens is 507 g/mol. The molecule has 156 valence electrons. The van der Waals surface area contributed by atoms with E-state index in [4.69, 9.17) is 0 Å². The Morgan fingerprint density at radius 1 is 1.10 bits per heavy atom. The van der Waals surface area contributed by atoms with Crippen LogP contribution in [0.4, 0.5) is 10.1 Å². The van der Waals surface area contributed by atoms with Crippen molar-refractivity contribution in [1.29, 1.82) is 0 Å². The van der Waals surface area contributed by atoms with E-state index in [1.54, 1.807) is 0 Å². The van der Waals surface area contributed by atoms with Gasteiger partial charge < -0.3 is 5.32 Å².